The van der Waals surface area contributed by atoms with E-state index < -0.39 is 29.7 Å². The van der Waals surface area contributed by atoms with Gasteiger partial charge in [0.15, 0.2) is 0 Å². The number of hydrogen-bond acceptors (Lipinski definition) is 12. The molecule has 2 saturated heterocycles. The van der Waals surface area contributed by atoms with Gasteiger partial charge in [0.25, 0.3) is 17.4 Å². The van der Waals surface area contributed by atoms with E-state index in [1.54, 1.807) is 44.3 Å². The average molecular weight is 780 g/mol. The van der Waals surface area contributed by atoms with Crippen molar-refractivity contribution < 1.29 is 42.9 Å². The summed E-state index contributed by atoms with van der Waals surface area (Å²) in [6, 6.07) is 9.32. The Labute approximate surface area is 328 Å². The molecule has 298 valence electrons. The Bertz CT molecular complexity index is 2270. The first-order valence-electron chi connectivity index (χ1n) is 19.0. The first-order valence-corrected chi connectivity index (χ1v) is 19.0. The minimum absolute atomic E-state index is 0.0503. The second kappa shape index (κ2) is 17.1. The van der Waals surface area contributed by atoms with Crippen LogP contribution in [0.3, 0.4) is 0 Å². The monoisotopic (exact) mass is 779 g/mol. The van der Waals surface area contributed by atoms with E-state index in [1.807, 2.05) is 24.4 Å². The van der Waals surface area contributed by atoms with E-state index in [-0.39, 0.29) is 55.1 Å². The van der Waals surface area contributed by atoms with Gasteiger partial charge >= 0.3 is 0 Å². The van der Waals surface area contributed by atoms with Crippen LogP contribution in [0.1, 0.15) is 64.8 Å². The van der Waals surface area contributed by atoms with Crippen LogP contribution in [0.25, 0.3) is 21.9 Å². The van der Waals surface area contributed by atoms with E-state index in [9.17, 15) is 28.8 Å². The third-order valence-corrected chi connectivity index (χ3v) is 10.8. The molecule has 2 aromatic carbocycles. The standard InChI is InChI=1S/C42H45N5O10/c1-45-23-33(29-11-13-43-20-32(29)40(45)51)26-17-36(54-2)34(37(18-26)55-3)24-46-21-25(22-46)5-4-6-27(48)12-14-56-15-16-57-28-7-8-30-31(19-28)42(53)47(41(30)52)35-9-10-38(49)44-39(35)50/h7-8,11,13,17-20,23,25,35H,4-6,9-10,12,14-16,21-22,24H2,1-3H3,(H,44,49,50). The number of likely N-dealkylation sites (tertiary alicyclic amines) is 1. The fourth-order valence-corrected chi connectivity index (χ4v) is 7.81. The van der Waals surface area contributed by atoms with Gasteiger partial charge in [-0.05, 0) is 72.5 Å². The van der Waals surface area contributed by atoms with Gasteiger partial charge in [-0.25, -0.2) is 0 Å². The van der Waals surface area contributed by atoms with E-state index in [4.69, 9.17) is 18.9 Å². The van der Waals surface area contributed by atoms with Crippen LogP contribution in [0.15, 0.2) is 59.8 Å². The molecule has 3 aliphatic rings. The molecule has 0 saturated carbocycles. The van der Waals surface area contributed by atoms with Gasteiger partial charge in [-0.2, -0.15) is 0 Å². The smallest absolute Gasteiger partial charge is 0.262 e. The van der Waals surface area contributed by atoms with Crippen LogP contribution in [0, 0.1) is 5.92 Å². The predicted molar refractivity (Wildman–Crippen MR) is 207 cm³/mol. The zero-order valence-corrected chi connectivity index (χ0v) is 32.2. The lowest BCUT2D eigenvalue weighted by Crippen LogP contribution is -2.54. The number of ketones is 1. The molecule has 5 heterocycles. The van der Waals surface area contributed by atoms with Gasteiger partial charge in [-0.3, -0.25) is 48.9 Å². The van der Waals surface area contributed by atoms with Crippen molar-refractivity contribution in [3.63, 3.8) is 0 Å². The van der Waals surface area contributed by atoms with Crippen LogP contribution in [-0.2, 0) is 32.7 Å². The van der Waals surface area contributed by atoms with Crippen LogP contribution in [-0.4, -0.2) is 102 Å². The fraction of sp³-hybridized carbons (Fsp3) is 0.405. The number of imide groups is 2. The summed E-state index contributed by atoms with van der Waals surface area (Å²) in [7, 11) is 5.02. The molecular formula is C42H45N5O10. The number of nitrogens with one attached hydrogen (secondary N) is 1. The topological polar surface area (TPSA) is 176 Å². The number of carbonyl (C=O) groups excluding carboxylic acids is 5. The maximum atomic E-state index is 13.0. The number of amides is 4. The predicted octanol–water partition coefficient (Wildman–Crippen LogP) is 3.68. The van der Waals surface area contributed by atoms with Gasteiger partial charge < -0.3 is 23.5 Å². The van der Waals surface area contributed by atoms with Crippen molar-refractivity contribution in [2.75, 3.05) is 47.1 Å². The molecule has 0 spiro atoms. The SMILES string of the molecule is COc1cc(-c2cn(C)c(=O)c3cnccc23)cc(OC)c1CN1CC(CCCC(=O)CCOCCOc2ccc3c(c2)C(=O)N(C2CCC(=O)NC2=O)C3=O)C1. The number of piperidine rings is 1. The molecule has 2 aromatic heterocycles. The number of methoxy groups -OCH3 is 2. The molecule has 4 aromatic rings. The number of nitrogens with zero attached hydrogens (tertiary/aromatic N) is 4. The van der Waals surface area contributed by atoms with Gasteiger partial charge in [0, 0.05) is 70.1 Å². The van der Waals surface area contributed by atoms with Crippen LogP contribution < -0.4 is 25.1 Å². The summed E-state index contributed by atoms with van der Waals surface area (Å²) in [5.74, 6) is 0.165. The Morgan fingerprint density at radius 2 is 1.63 bits per heavy atom. The lowest BCUT2D eigenvalue weighted by Gasteiger charge is -2.40. The van der Waals surface area contributed by atoms with Crippen molar-refractivity contribution in [1.82, 2.24) is 24.7 Å². The molecule has 3 aliphatic heterocycles. The van der Waals surface area contributed by atoms with Gasteiger partial charge in [0.1, 0.15) is 35.7 Å². The molecule has 4 amide bonds. The van der Waals surface area contributed by atoms with E-state index in [0.29, 0.717) is 47.9 Å². The number of ether oxygens (including phenoxy) is 4. The Balaban J connectivity index is 0.804. The molecule has 0 aliphatic carbocycles. The average Bonchev–Trinajstić information content (AvgIpc) is 3.44. The molecule has 0 bridgehead atoms. The third-order valence-electron chi connectivity index (χ3n) is 10.8. The molecule has 2 fully saturated rings. The zero-order valence-electron chi connectivity index (χ0n) is 32.2. The highest BCUT2D eigenvalue weighted by Crippen LogP contribution is 2.39. The van der Waals surface area contributed by atoms with Crippen molar-refractivity contribution in [2.45, 2.75) is 51.1 Å². The van der Waals surface area contributed by atoms with Crippen LogP contribution in [0.2, 0.25) is 0 Å². The van der Waals surface area contributed by atoms with Crippen molar-refractivity contribution in [3.05, 3.63) is 82.0 Å². The molecule has 1 N–H and O–H groups in total. The van der Waals surface area contributed by atoms with E-state index >= 15 is 0 Å². The molecule has 1 atom stereocenters. The number of rotatable bonds is 17. The maximum Gasteiger partial charge on any atom is 0.262 e. The van der Waals surface area contributed by atoms with Gasteiger partial charge in [-0.1, -0.05) is 0 Å². The highest BCUT2D eigenvalue weighted by molar-refractivity contribution is 6.23. The maximum absolute atomic E-state index is 13.0. The van der Waals surface area contributed by atoms with Crippen LogP contribution >= 0.6 is 0 Å². The summed E-state index contributed by atoms with van der Waals surface area (Å²) >= 11 is 0. The third kappa shape index (κ3) is 8.30. The minimum atomic E-state index is -1.03. The van der Waals surface area contributed by atoms with Gasteiger partial charge in [-0.15, -0.1) is 0 Å². The lowest BCUT2D eigenvalue weighted by molar-refractivity contribution is -0.136. The van der Waals surface area contributed by atoms with Crippen molar-refractivity contribution in [3.8, 4) is 28.4 Å². The summed E-state index contributed by atoms with van der Waals surface area (Å²) in [5, 5.41) is 3.53. The van der Waals surface area contributed by atoms with Gasteiger partial charge in [0.05, 0.1) is 49.5 Å². The van der Waals surface area contributed by atoms with Crippen LogP contribution in [0.5, 0.6) is 17.2 Å². The summed E-state index contributed by atoms with van der Waals surface area (Å²) in [6.07, 6.45) is 7.80. The second-order valence-corrected chi connectivity index (χ2v) is 14.6. The Kier molecular flexibility index (Phi) is 11.8. The largest absolute Gasteiger partial charge is 0.496 e. The summed E-state index contributed by atoms with van der Waals surface area (Å²) in [6.45, 7) is 3.17. The number of Topliss-reactive ketones (excluding diaryl/α,β-unsaturated/α-hetero) is 1. The number of pyridine rings is 2. The highest BCUT2D eigenvalue weighted by atomic mass is 16.5. The first kappa shape index (κ1) is 39.3. The fourth-order valence-electron chi connectivity index (χ4n) is 7.81. The van der Waals surface area contributed by atoms with Crippen molar-refractivity contribution >= 4 is 40.2 Å². The quantitative estimate of drug-likeness (QED) is 0.122. The Morgan fingerprint density at radius 3 is 2.37 bits per heavy atom. The normalized spacial score (nSPS) is 17.1. The number of aromatic nitrogens is 2. The summed E-state index contributed by atoms with van der Waals surface area (Å²) < 4.78 is 24.6. The second-order valence-electron chi connectivity index (χ2n) is 14.6. The van der Waals surface area contributed by atoms with E-state index in [1.165, 1.54) is 12.1 Å². The van der Waals surface area contributed by atoms with Crippen molar-refractivity contribution in [1.29, 1.82) is 0 Å². The molecule has 1 unspecified atom stereocenters. The molecular weight excluding hydrogens is 734 g/mol. The summed E-state index contributed by atoms with van der Waals surface area (Å²) in [4.78, 5) is 82.3. The van der Waals surface area contributed by atoms with Gasteiger partial charge in [0.2, 0.25) is 11.8 Å². The molecule has 7 rings (SSSR count). The number of aryl methyl sites for hydroxylation is 1. The van der Waals surface area contributed by atoms with Crippen molar-refractivity contribution in [2.24, 2.45) is 13.0 Å². The summed E-state index contributed by atoms with van der Waals surface area (Å²) in [5.41, 5.74) is 2.92. The Morgan fingerprint density at radius 1 is 0.877 bits per heavy atom. The number of hydrogen-bond donors (Lipinski definition) is 1. The number of carbonyl (C=O) groups is 5. The molecule has 15 nitrogen and oxygen atoms in total. The Hall–Kier alpha value is -5.93. The van der Waals surface area contributed by atoms with E-state index in [0.717, 1.165) is 52.9 Å². The zero-order chi connectivity index (χ0) is 40.2. The van der Waals surface area contributed by atoms with E-state index in [2.05, 4.69) is 15.2 Å². The minimum Gasteiger partial charge on any atom is -0.496 e. The molecule has 15 heteroatoms. The number of fused-ring (bicyclic) bond motifs is 2. The molecule has 0 radical (unpaired) electrons. The highest BCUT2D eigenvalue weighted by Gasteiger charge is 2.44. The van der Waals surface area contributed by atoms with Crippen LogP contribution in [0.4, 0.5) is 0 Å². The molecule has 57 heavy (non-hydrogen) atoms. The number of benzene rings is 2. The lowest BCUT2D eigenvalue weighted by atomic mass is 9.92. The first-order chi connectivity index (χ1) is 27.6.